The van der Waals surface area contributed by atoms with Crippen LogP contribution in [-0.2, 0) is 10.2 Å². The summed E-state index contributed by atoms with van der Waals surface area (Å²) in [6.45, 7) is 12.1. The second-order valence-corrected chi connectivity index (χ2v) is 9.31. The third-order valence-electron chi connectivity index (χ3n) is 5.63. The summed E-state index contributed by atoms with van der Waals surface area (Å²) >= 11 is 0. The van der Waals surface area contributed by atoms with Crippen LogP contribution in [0.2, 0.25) is 0 Å². The predicted molar refractivity (Wildman–Crippen MR) is 134 cm³/mol. The summed E-state index contributed by atoms with van der Waals surface area (Å²) in [7, 11) is 0. The Hall–Kier alpha value is -3.60. The van der Waals surface area contributed by atoms with Crippen LogP contribution < -0.4 is 15.4 Å². The van der Waals surface area contributed by atoms with Gasteiger partial charge in [-0.15, -0.1) is 0 Å². The molecule has 0 saturated carbocycles. The molecule has 3 aromatic carbocycles. The maximum atomic E-state index is 12.7. The van der Waals surface area contributed by atoms with Crippen molar-refractivity contribution in [3.8, 4) is 5.75 Å². The molecule has 0 aliphatic rings. The zero-order valence-electron chi connectivity index (χ0n) is 20.2. The van der Waals surface area contributed by atoms with Crippen molar-refractivity contribution >= 4 is 23.2 Å². The number of carbonyl (C=O) groups is 2. The Morgan fingerprint density at radius 3 is 2.09 bits per heavy atom. The minimum Gasteiger partial charge on any atom is -0.481 e. The van der Waals surface area contributed by atoms with E-state index in [0.717, 1.165) is 11.1 Å². The van der Waals surface area contributed by atoms with Gasteiger partial charge in [0, 0.05) is 16.9 Å². The number of amides is 2. The molecule has 0 spiro atoms. The van der Waals surface area contributed by atoms with Crippen molar-refractivity contribution in [2.45, 2.75) is 53.1 Å². The van der Waals surface area contributed by atoms with E-state index in [9.17, 15) is 9.59 Å². The lowest BCUT2D eigenvalue weighted by Gasteiger charge is -2.19. The van der Waals surface area contributed by atoms with E-state index in [4.69, 9.17) is 4.74 Å². The van der Waals surface area contributed by atoms with E-state index in [1.165, 1.54) is 5.56 Å². The number of hydrogen-bond acceptors (Lipinski definition) is 3. The molecule has 5 nitrogen and oxygen atoms in total. The van der Waals surface area contributed by atoms with Gasteiger partial charge in [0.05, 0.1) is 0 Å². The second-order valence-electron chi connectivity index (χ2n) is 9.31. The highest BCUT2D eigenvalue weighted by Crippen LogP contribution is 2.24. The molecule has 3 aromatic rings. The quantitative estimate of drug-likeness (QED) is 0.472. The fourth-order valence-corrected chi connectivity index (χ4v) is 3.34. The van der Waals surface area contributed by atoms with E-state index in [1.807, 2.05) is 56.3 Å². The zero-order valence-corrected chi connectivity index (χ0v) is 20.2. The zero-order chi connectivity index (χ0) is 24.2. The molecule has 5 heteroatoms. The molecule has 0 fully saturated rings. The van der Waals surface area contributed by atoms with Gasteiger partial charge in [-0.2, -0.15) is 0 Å². The normalized spacial score (nSPS) is 12.1. The second kappa shape index (κ2) is 9.90. The Labute approximate surface area is 196 Å². The molecular formula is C28H32N2O3. The smallest absolute Gasteiger partial charge is 0.265 e. The third kappa shape index (κ3) is 6.22. The Balaban J connectivity index is 1.63. The highest BCUT2D eigenvalue weighted by atomic mass is 16.5. The van der Waals surface area contributed by atoms with Gasteiger partial charge in [0.2, 0.25) is 0 Å². The molecule has 0 bridgehead atoms. The van der Waals surface area contributed by atoms with Crippen LogP contribution in [0, 0.1) is 13.8 Å². The van der Waals surface area contributed by atoms with Crippen molar-refractivity contribution in [1.82, 2.24) is 0 Å². The Kier molecular flexibility index (Phi) is 7.22. The van der Waals surface area contributed by atoms with Gasteiger partial charge in [-0.05, 0) is 79.3 Å². The number of nitrogens with one attached hydrogen (secondary N) is 2. The van der Waals surface area contributed by atoms with E-state index in [0.29, 0.717) is 22.7 Å². The van der Waals surface area contributed by atoms with Crippen LogP contribution in [0.5, 0.6) is 5.75 Å². The van der Waals surface area contributed by atoms with Crippen LogP contribution in [0.4, 0.5) is 11.4 Å². The van der Waals surface area contributed by atoms with Crippen molar-refractivity contribution in [1.29, 1.82) is 0 Å². The summed E-state index contributed by atoms with van der Waals surface area (Å²) < 4.78 is 5.86. The van der Waals surface area contributed by atoms with Crippen LogP contribution in [0.25, 0.3) is 0 Å². The number of ether oxygens (including phenoxy) is 1. The molecule has 0 aromatic heterocycles. The van der Waals surface area contributed by atoms with E-state index in [2.05, 4.69) is 31.4 Å². The molecule has 172 valence electrons. The summed E-state index contributed by atoms with van der Waals surface area (Å²) in [5, 5.41) is 5.75. The number of aryl methyl sites for hydroxylation is 1. The molecule has 0 heterocycles. The van der Waals surface area contributed by atoms with Crippen molar-refractivity contribution < 1.29 is 14.3 Å². The van der Waals surface area contributed by atoms with Gasteiger partial charge in [-0.25, -0.2) is 0 Å². The van der Waals surface area contributed by atoms with Crippen molar-refractivity contribution in [3.05, 3.63) is 89.0 Å². The van der Waals surface area contributed by atoms with Crippen LogP contribution in [-0.4, -0.2) is 17.9 Å². The van der Waals surface area contributed by atoms with Gasteiger partial charge in [0.15, 0.2) is 6.10 Å². The summed E-state index contributed by atoms with van der Waals surface area (Å²) in [6.07, 6.45) is -0.676. The third-order valence-corrected chi connectivity index (χ3v) is 5.63. The maximum absolute atomic E-state index is 12.7. The van der Waals surface area contributed by atoms with E-state index >= 15 is 0 Å². The Morgan fingerprint density at radius 1 is 0.848 bits per heavy atom. The molecule has 0 radical (unpaired) electrons. The lowest BCUT2D eigenvalue weighted by Crippen LogP contribution is -2.30. The number of benzene rings is 3. The number of carbonyl (C=O) groups excluding carboxylic acids is 2. The number of hydrogen-bond donors (Lipinski definition) is 2. The average molecular weight is 445 g/mol. The monoisotopic (exact) mass is 444 g/mol. The summed E-state index contributed by atoms with van der Waals surface area (Å²) in [5.74, 6) is 0.221. The van der Waals surface area contributed by atoms with Crippen LogP contribution in [0.3, 0.4) is 0 Å². The molecule has 0 aliphatic heterocycles. The minimum absolute atomic E-state index is 0.0282. The standard InChI is InChI=1S/C28H32N2O3/c1-18-9-7-12-25(19(18)2)33-20(3)26(31)29-23-10-8-11-24(17-23)30-27(32)21-13-15-22(16-14-21)28(4,5)6/h7-17,20H,1-6H3,(H,29,31)(H,30,32)/t20-/m0/s1. The summed E-state index contributed by atoms with van der Waals surface area (Å²) in [4.78, 5) is 25.3. The topological polar surface area (TPSA) is 67.4 Å². The van der Waals surface area contributed by atoms with E-state index in [1.54, 1.807) is 31.2 Å². The lowest BCUT2D eigenvalue weighted by molar-refractivity contribution is -0.122. The Bertz CT molecular complexity index is 1140. The molecule has 2 amide bonds. The maximum Gasteiger partial charge on any atom is 0.265 e. The van der Waals surface area contributed by atoms with Gasteiger partial charge in [0.1, 0.15) is 5.75 Å². The van der Waals surface area contributed by atoms with Gasteiger partial charge in [-0.1, -0.05) is 51.1 Å². The molecule has 1 atom stereocenters. The summed E-state index contributed by atoms with van der Waals surface area (Å²) in [6, 6.07) is 20.4. The molecule has 33 heavy (non-hydrogen) atoms. The van der Waals surface area contributed by atoms with Gasteiger partial charge >= 0.3 is 0 Å². The molecule has 0 aliphatic carbocycles. The van der Waals surface area contributed by atoms with Crippen LogP contribution in [0.1, 0.15) is 54.7 Å². The van der Waals surface area contributed by atoms with Crippen molar-refractivity contribution in [2.75, 3.05) is 10.6 Å². The fraction of sp³-hybridized carbons (Fsp3) is 0.286. The highest BCUT2D eigenvalue weighted by Gasteiger charge is 2.17. The molecule has 2 N–H and O–H groups in total. The van der Waals surface area contributed by atoms with Crippen LogP contribution in [0.15, 0.2) is 66.7 Å². The highest BCUT2D eigenvalue weighted by molar-refractivity contribution is 6.04. The first kappa shape index (κ1) is 24.1. The van der Waals surface area contributed by atoms with Crippen molar-refractivity contribution in [2.24, 2.45) is 0 Å². The molecule has 0 unspecified atom stereocenters. The first-order valence-electron chi connectivity index (χ1n) is 11.1. The van der Waals surface area contributed by atoms with E-state index in [-0.39, 0.29) is 17.2 Å². The largest absolute Gasteiger partial charge is 0.481 e. The first-order chi connectivity index (χ1) is 15.5. The van der Waals surface area contributed by atoms with Gasteiger partial charge in [0.25, 0.3) is 11.8 Å². The molecule has 3 rings (SSSR count). The molecular weight excluding hydrogens is 412 g/mol. The first-order valence-corrected chi connectivity index (χ1v) is 11.1. The van der Waals surface area contributed by atoms with E-state index < -0.39 is 6.10 Å². The number of anilines is 2. The SMILES string of the molecule is Cc1cccc(O[C@@H](C)C(=O)Nc2cccc(NC(=O)c3ccc(C(C)(C)C)cc3)c2)c1C. The van der Waals surface area contributed by atoms with Crippen molar-refractivity contribution in [3.63, 3.8) is 0 Å². The minimum atomic E-state index is -0.676. The average Bonchev–Trinajstić information content (AvgIpc) is 2.76. The van der Waals surface area contributed by atoms with Crippen LogP contribution >= 0.6 is 0 Å². The van der Waals surface area contributed by atoms with Gasteiger partial charge in [-0.3, -0.25) is 9.59 Å². The predicted octanol–water partition coefficient (Wildman–Crippen LogP) is 6.26. The number of rotatable bonds is 6. The lowest BCUT2D eigenvalue weighted by atomic mass is 9.87. The fourth-order valence-electron chi connectivity index (χ4n) is 3.34. The van der Waals surface area contributed by atoms with Gasteiger partial charge < -0.3 is 15.4 Å². The summed E-state index contributed by atoms with van der Waals surface area (Å²) in [5.41, 5.74) is 5.07. The Morgan fingerprint density at radius 2 is 1.45 bits per heavy atom. The molecule has 0 saturated heterocycles.